The van der Waals surface area contributed by atoms with Crippen LogP contribution in [0.25, 0.3) is 0 Å². The summed E-state index contributed by atoms with van der Waals surface area (Å²) in [5, 5.41) is 4.01. The summed E-state index contributed by atoms with van der Waals surface area (Å²) in [6.07, 6.45) is 4.43. The van der Waals surface area contributed by atoms with Crippen molar-refractivity contribution in [1.82, 2.24) is 24.6 Å². The summed E-state index contributed by atoms with van der Waals surface area (Å²) in [7, 11) is 3.03. The van der Waals surface area contributed by atoms with Gasteiger partial charge < -0.3 is 14.4 Å². The summed E-state index contributed by atoms with van der Waals surface area (Å²) >= 11 is 0. The Bertz CT molecular complexity index is 822. The molecule has 0 saturated carbocycles. The Morgan fingerprint density at radius 1 is 1.28 bits per heavy atom. The van der Waals surface area contributed by atoms with Crippen molar-refractivity contribution in [2.45, 2.75) is 18.9 Å². The van der Waals surface area contributed by atoms with Crippen molar-refractivity contribution in [1.29, 1.82) is 0 Å². The summed E-state index contributed by atoms with van der Waals surface area (Å²) in [6, 6.07) is 2.78. The molecule has 1 saturated heterocycles. The van der Waals surface area contributed by atoms with Crippen molar-refractivity contribution in [3.05, 3.63) is 40.6 Å². The van der Waals surface area contributed by atoms with Crippen LogP contribution in [-0.4, -0.2) is 56.9 Å². The fourth-order valence-corrected chi connectivity index (χ4v) is 2.65. The van der Waals surface area contributed by atoms with E-state index < -0.39 is 0 Å². The Kier molecular flexibility index (Phi) is 4.92. The third-order valence-electron chi connectivity index (χ3n) is 3.93. The summed E-state index contributed by atoms with van der Waals surface area (Å²) < 4.78 is 12.0. The number of aromatic nitrogens is 4. The normalized spacial score (nSPS) is 17.2. The number of carbonyl (C=O) groups is 1. The molecule has 0 spiro atoms. The van der Waals surface area contributed by atoms with Crippen LogP contribution in [0.5, 0.6) is 11.8 Å². The molecule has 3 rings (SSSR count). The Labute approximate surface area is 144 Å². The lowest BCUT2D eigenvalue weighted by Crippen LogP contribution is -2.45. The highest BCUT2D eigenvalue weighted by atomic mass is 16.5. The second-order valence-electron chi connectivity index (χ2n) is 5.71. The van der Waals surface area contributed by atoms with Gasteiger partial charge in [0, 0.05) is 19.7 Å². The maximum Gasteiger partial charge on any atom is 0.274 e. The third-order valence-corrected chi connectivity index (χ3v) is 3.93. The second kappa shape index (κ2) is 7.29. The van der Waals surface area contributed by atoms with E-state index in [2.05, 4.69) is 15.1 Å². The molecule has 0 aliphatic carbocycles. The topological polar surface area (TPSA) is 99.4 Å². The summed E-state index contributed by atoms with van der Waals surface area (Å²) in [6.45, 7) is 1.04. The molecule has 1 aliphatic rings. The number of hydrogen-bond acceptors (Lipinski definition) is 7. The molecule has 1 atom stereocenters. The molecule has 0 radical (unpaired) electrons. The van der Waals surface area contributed by atoms with Crippen molar-refractivity contribution >= 4 is 5.91 Å². The number of nitrogens with zero attached hydrogens (tertiary/aromatic N) is 5. The van der Waals surface area contributed by atoms with Gasteiger partial charge in [0.25, 0.3) is 11.5 Å². The SMILES string of the molecule is COc1cncc(OC2CCCN(C(=O)c3ccc(=O)n(C)n3)C2)n1. The summed E-state index contributed by atoms with van der Waals surface area (Å²) in [5.74, 6) is 0.509. The van der Waals surface area contributed by atoms with Gasteiger partial charge in [0.15, 0.2) is 0 Å². The van der Waals surface area contributed by atoms with Crippen molar-refractivity contribution < 1.29 is 14.3 Å². The number of ether oxygens (including phenoxy) is 2. The maximum atomic E-state index is 12.6. The minimum atomic E-state index is -0.256. The first-order valence-electron chi connectivity index (χ1n) is 7.93. The van der Waals surface area contributed by atoms with Gasteiger partial charge in [-0.05, 0) is 18.9 Å². The molecule has 1 fully saturated rings. The average Bonchev–Trinajstić information content (AvgIpc) is 2.64. The van der Waals surface area contributed by atoms with E-state index in [9.17, 15) is 9.59 Å². The molecule has 0 N–H and O–H groups in total. The van der Waals surface area contributed by atoms with E-state index in [0.29, 0.717) is 24.8 Å². The Balaban J connectivity index is 1.68. The van der Waals surface area contributed by atoms with Gasteiger partial charge in [0.05, 0.1) is 26.0 Å². The standard InChI is InChI=1S/C16H19N5O4/c1-20-15(22)6-5-12(19-20)16(23)21-7-3-4-11(10-21)25-14-9-17-8-13(18-14)24-2/h5-6,8-9,11H,3-4,7,10H2,1-2H3. The van der Waals surface area contributed by atoms with Crippen molar-refractivity contribution in [3.63, 3.8) is 0 Å². The van der Waals surface area contributed by atoms with Gasteiger partial charge in [0.2, 0.25) is 11.8 Å². The summed E-state index contributed by atoms with van der Waals surface area (Å²) in [5.41, 5.74) is -0.0167. The Morgan fingerprint density at radius 3 is 2.84 bits per heavy atom. The van der Waals surface area contributed by atoms with E-state index in [4.69, 9.17) is 9.47 Å². The van der Waals surface area contributed by atoms with Crippen LogP contribution in [0.2, 0.25) is 0 Å². The van der Waals surface area contributed by atoms with Crippen molar-refractivity contribution in [2.75, 3.05) is 20.2 Å². The lowest BCUT2D eigenvalue weighted by molar-refractivity contribution is 0.0518. The largest absolute Gasteiger partial charge is 0.480 e. The minimum Gasteiger partial charge on any atom is -0.480 e. The molecule has 2 aromatic heterocycles. The molecule has 1 unspecified atom stereocenters. The van der Waals surface area contributed by atoms with Crippen LogP contribution in [0, 0.1) is 0 Å². The van der Waals surface area contributed by atoms with Gasteiger partial charge in [-0.2, -0.15) is 10.1 Å². The maximum absolute atomic E-state index is 12.6. The number of piperidine rings is 1. The van der Waals surface area contributed by atoms with Gasteiger partial charge in [0.1, 0.15) is 11.8 Å². The monoisotopic (exact) mass is 345 g/mol. The number of likely N-dealkylation sites (tertiary alicyclic amines) is 1. The van der Waals surface area contributed by atoms with Crippen LogP contribution in [0.3, 0.4) is 0 Å². The number of amides is 1. The van der Waals surface area contributed by atoms with Gasteiger partial charge in [-0.3, -0.25) is 14.6 Å². The predicted octanol–water partition coefficient (Wildman–Crippen LogP) is 0.262. The van der Waals surface area contributed by atoms with Gasteiger partial charge in [-0.15, -0.1) is 0 Å². The minimum absolute atomic E-state index is 0.188. The zero-order valence-corrected chi connectivity index (χ0v) is 14.1. The van der Waals surface area contributed by atoms with Crippen LogP contribution in [-0.2, 0) is 7.05 Å². The molecule has 1 aliphatic heterocycles. The number of hydrogen-bond donors (Lipinski definition) is 0. The molecular weight excluding hydrogens is 326 g/mol. The molecule has 9 nitrogen and oxygen atoms in total. The lowest BCUT2D eigenvalue weighted by Gasteiger charge is -2.32. The first-order valence-corrected chi connectivity index (χ1v) is 7.93. The Hall–Kier alpha value is -2.97. The van der Waals surface area contributed by atoms with Crippen LogP contribution >= 0.6 is 0 Å². The van der Waals surface area contributed by atoms with Crippen LogP contribution < -0.4 is 15.0 Å². The molecular formula is C16H19N5O4. The second-order valence-corrected chi connectivity index (χ2v) is 5.71. The zero-order chi connectivity index (χ0) is 17.8. The van der Waals surface area contributed by atoms with E-state index >= 15 is 0 Å². The quantitative estimate of drug-likeness (QED) is 0.784. The molecule has 2 aromatic rings. The molecule has 0 aromatic carbocycles. The molecule has 1 amide bonds. The van der Waals surface area contributed by atoms with Crippen LogP contribution in [0.4, 0.5) is 0 Å². The molecule has 25 heavy (non-hydrogen) atoms. The van der Waals surface area contributed by atoms with Gasteiger partial charge >= 0.3 is 0 Å². The van der Waals surface area contributed by atoms with Crippen molar-refractivity contribution in [3.8, 4) is 11.8 Å². The van der Waals surface area contributed by atoms with E-state index in [-0.39, 0.29) is 23.3 Å². The lowest BCUT2D eigenvalue weighted by atomic mass is 10.1. The van der Waals surface area contributed by atoms with E-state index in [0.717, 1.165) is 17.5 Å². The molecule has 9 heteroatoms. The van der Waals surface area contributed by atoms with E-state index in [1.807, 2.05) is 0 Å². The zero-order valence-electron chi connectivity index (χ0n) is 14.1. The van der Waals surface area contributed by atoms with Crippen LogP contribution in [0.1, 0.15) is 23.3 Å². The molecule has 132 valence electrons. The highest BCUT2D eigenvalue weighted by molar-refractivity contribution is 5.92. The number of carbonyl (C=O) groups excluding carboxylic acids is 1. The first-order chi connectivity index (χ1) is 12.1. The van der Waals surface area contributed by atoms with Crippen LogP contribution in [0.15, 0.2) is 29.3 Å². The Morgan fingerprint density at radius 2 is 2.08 bits per heavy atom. The van der Waals surface area contributed by atoms with E-state index in [1.54, 1.807) is 4.90 Å². The summed E-state index contributed by atoms with van der Waals surface area (Å²) in [4.78, 5) is 33.9. The van der Waals surface area contributed by atoms with E-state index in [1.165, 1.54) is 38.7 Å². The molecule has 3 heterocycles. The van der Waals surface area contributed by atoms with Gasteiger partial charge in [-0.25, -0.2) is 4.68 Å². The number of rotatable bonds is 4. The fraction of sp³-hybridized carbons (Fsp3) is 0.438. The van der Waals surface area contributed by atoms with Crippen molar-refractivity contribution in [2.24, 2.45) is 7.05 Å². The highest BCUT2D eigenvalue weighted by Crippen LogP contribution is 2.19. The highest BCUT2D eigenvalue weighted by Gasteiger charge is 2.27. The van der Waals surface area contributed by atoms with Gasteiger partial charge in [-0.1, -0.05) is 0 Å². The number of aryl methyl sites for hydroxylation is 1. The third kappa shape index (κ3) is 3.93. The smallest absolute Gasteiger partial charge is 0.274 e. The average molecular weight is 345 g/mol. The number of methoxy groups -OCH3 is 1. The first kappa shape index (κ1) is 16.9. The molecule has 0 bridgehead atoms. The fourth-order valence-electron chi connectivity index (χ4n) is 2.65. The predicted molar refractivity (Wildman–Crippen MR) is 87.6 cm³/mol.